The Morgan fingerprint density at radius 2 is 1.85 bits per heavy atom. The Labute approximate surface area is 194 Å². The summed E-state index contributed by atoms with van der Waals surface area (Å²) in [5, 5.41) is 0. The zero-order chi connectivity index (χ0) is 22.5. The lowest BCUT2D eigenvalue weighted by Gasteiger charge is -2.26. The van der Waals surface area contributed by atoms with Crippen LogP contribution >= 0.6 is 0 Å². The molecule has 2 saturated heterocycles. The number of carbonyl (C=O) groups excluding carboxylic acids is 1. The molecule has 2 aliphatic rings. The van der Waals surface area contributed by atoms with Gasteiger partial charge in [-0.2, -0.15) is 0 Å². The number of hydrogen-bond donors (Lipinski definition) is 0. The molecule has 2 aromatic heterocycles. The second-order valence-corrected chi connectivity index (χ2v) is 8.70. The summed E-state index contributed by atoms with van der Waals surface area (Å²) < 4.78 is 7.74. The van der Waals surface area contributed by atoms with Crippen molar-refractivity contribution in [1.29, 1.82) is 0 Å². The van der Waals surface area contributed by atoms with Gasteiger partial charge in [-0.3, -0.25) is 19.2 Å². The van der Waals surface area contributed by atoms with Crippen molar-refractivity contribution in [3.63, 3.8) is 0 Å². The SMILES string of the molecule is O=C(c1ccc(OCCN2CCCCC2)cc1)N1CCC[C@@H]1c1cncc(-n2ccnc2)n1. The van der Waals surface area contributed by atoms with Crippen molar-refractivity contribution in [2.24, 2.45) is 0 Å². The molecule has 1 amide bonds. The van der Waals surface area contributed by atoms with Gasteiger partial charge < -0.3 is 9.64 Å². The van der Waals surface area contributed by atoms with Gasteiger partial charge >= 0.3 is 0 Å². The highest BCUT2D eigenvalue weighted by atomic mass is 16.5. The maximum atomic E-state index is 13.3. The highest BCUT2D eigenvalue weighted by Crippen LogP contribution is 2.32. The van der Waals surface area contributed by atoms with Gasteiger partial charge in [0.25, 0.3) is 5.91 Å². The van der Waals surface area contributed by atoms with Crippen LogP contribution in [-0.4, -0.2) is 68.0 Å². The molecule has 4 heterocycles. The van der Waals surface area contributed by atoms with Gasteiger partial charge in [0.05, 0.1) is 24.1 Å². The van der Waals surface area contributed by atoms with Crippen LogP contribution in [0.3, 0.4) is 0 Å². The smallest absolute Gasteiger partial charge is 0.254 e. The fraction of sp³-hybridized carbons (Fsp3) is 0.440. The summed E-state index contributed by atoms with van der Waals surface area (Å²) in [4.78, 5) is 30.8. The van der Waals surface area contributed by atoms with Gasteiger partial charge in [-0.1, -0.05) is 6.42 Å². The molecule has 0 spiro atoms. The molecule has 0 N–H and O–H groups in total. The molecule has 0 saturated carbocycles. The highest BCUT2D eigenvalue weighted by Gasteiger charge is 2.32. The molecule has 3 aromatic rings. The Bertz CT molecular complexity index is 1050. The number of amides is 1. The monoisotopic (exact) mass is 446 g/mol. The molecule has 172 valence electrons. The van der Waals surface area contributed by atoms with E-state index in [2.05, 4.69) is 14.9 Å². The van der Waals surface area contributed by atoms with E-state index < -0.39 is 0 Å². The van der Waals surface area contributed by atoms with E-state index in [0.29, 0.717) is 24.5 Å². The van der Waals surface area contributed by atoms with E-state index in [9.17, 15) is 4.79 Å². The Morgan fingerprint density at radius 3 is 2.64 bits per heavy atom. The van der Waals surface area contributed by atoms with Crippen molar-refractivity contribution in [3.05, 3.63) is 66.6 Å². The standard InChI is InChI=1S/C25H30N6O2/c32-25(20-6-8-21(9-7-20)33-16-15-29-11-2-1-3-12-29)31-13-4-5-23(31)22-17-27-18-24(28-22)30-14-10-26-19-30/h6-10,14,17-19,23H,1-5,11-13,15-16H2/t23-/m1/s1. The molecule has 0 bridgehead atoms. The number of imidazole rings is 1. The van der Waals surface area contributed by atoms with Crippen LogP contribution in [0.25, 0.3) is 5.82 Å². The fourth-order valence-corrected chi connectivity index (χ4v) is 4.70. The lowest BCUT2D eigenvalue weighted by molar-refractivity contribution is 0.0732. The second kappa shape index (κ2) is 10.1. The zero-order valence-corrected chi connectivity index (χ0v) is 18.8. The third-order valence-corrected chi connectivity index (χ3v) is 6.49. The van der Waals surface area contributed by atoms with Crippen molar-refractivity contribution in [1.82, 2.24) is 29.3 Å². The minimum Gasteiger partial charge on any atom is -0.492 e. The number of nitrogens with zero attached hydrogens (tertiary/aromatic N) is 6. The number of ether oxygens (including phenoxy) is 1. The van der Waals surface area contributed by atoms with Crippen LogP contribution in [0, 0.1) is 0 Å². The molecule has 5 rings (SSSR count). The van der Waals surface area contributed by atoms with Crippen LogP contribution in [-0.2, 0) is 0 Å². The number of benzene rings is 1. The van der Waals surface area contributed by atoms with Gasteiger partial charge in [-0.25, -0.2) is 9.97 Å². The van der Waals surface area contributed by atoms with E-state index in [1.165, 1.54) is 32.4 Å². The van der Waals surface area contributed by atoms with Crippen molar-refractivity contribution in [2.75, 3.05) is 32.8 Å². The number of aromatic nitrogens is 4. The first-order valence-corrected chi connectivity index (χ1v) is 11.8. The second-order valence-electron chi connectivity index (χ2n) is 8.70. The van der Waals surface area contributed by atoms with Crippen LogP contribution in [0.5, 0.6) is 5.75 Å². The van der Waals surface area contributed by atoms with E-state index in [0.717, 1.165) is 30.8 Å². The van der Waals surface area contributed by atoms with Crippen LogP contribution in [0.15, 0.2) is 55.4 Å². The summed E-state index contributed by atoms with van der Waals surface area (Å²) in [6.45, 7) is 4.68. The number of likely N-dealkylation sites (tertiary alicyclic amines) is 2. The summed E-state index contributed by atoms with van der Waals surface area (Å²) in [5.74, 6) is 1.53. The maximum Gasteiger partial charge on any atom is 0.254 e. The molecule has 1 aromatic carbocycles. The van der Waals surface area contributed by atoms with Crippen molar-refractivity contribution in [2.45, 2.75) is 38.1 Å². The van der Waals surface area contributed by atoms with E-state index in [1.807, 2.05) is 39.9 Å². The van der Waals surface area contributed by atoms with Crippen molar-refractivity contribution in [3.8, 4) is 11.6 Å². The van der Waals surface area contributed by atoms with Crippen molar-refractivity contribution >= 4 is 5.91 Å². The van der Waals surface area contributed by atoms with Gasteiger partial charge in [0.2, 0.25) is 0 Å². The average molecular weight is 447 g/mol. The van der Waals surface area contributed by atoms with Gasteiger partial charge in [-0.05, 0) is 63.0 Å². The molecule has 0 unspecified atom stereocenters. The maximum absolute atomic E-state index is 13.3. The fourth-order valence-electron chi connectivity index (χ4n) is 4.70. The van der Waals surface area contributed by atoms with Crippen LogP contribution in [0.1, 0.15) is 54.2 Å². The molecule has 8 nitrogen and oxygen atoms in total. The summed E-state index contributed by atoms with van der Waals surface area (Å²) in [6.07, 6.45) is 14.4. The Balaban J connectivity index is 1.22. The van der Waals surface area contributed by atoms with E-state index in [1.54, 1.807) is 24.9 Å². The summed E-state index contributed by atoms with van der Waals surface area (Å²) in [6, 6.07) is 7.44. The Hall–Kier alpha value is -3.26. The van der Waals surface area contributed by atoms with E-state index in [4.69, 9.17) is 9.72 Å². The summed E-state index contributed by atoms with van der Waals surface area (Å²) in [7, 11) is 0. The minimum absolute atomic E-state index is 0.0206. The predicted molar refractivity (Wildman–Crippen MR) is 124 cm³/mol. The average Bonchev–Trinajstić information content (AvgIpc) is 3.58. The van der Waals surface area contributed by atoms with Gasteiger partial charge in [0, 0.05) is 31.0 Å². The van der Waals surface area contributed by atoms with Gasteiger partial charge in [0.15, 0.2) is 5.82 Å². The molecular formula is C25H30N6O2. The minimum atomic E-state index is -0.0751. The lowest BCUT2D eigenvalue weighted by atomic mass is 10.1. The third-order valence-electron chi connectivity index (χ3n) is 6.49. The largest absolute Gasteiger partial charge is 0.492 e. The topological polar surface area (TPSA) is 76.4 Å². The molecule has 1 atom stereocenters. The third kappa shape index (κ3) is 5.06. The summed E-state index contributed by atoms with van der Waals surface area (Å²) >= 11 is 0. The quantitative estimate of drug-likeness (QED) is 0.553. The summed E-state index contributed by atoms with van der Waals surface area (Å²) in [5.41, 5.74) is 1.48. The van der Waals surface area contributed by atoms with Crippen molar-refractivity contribution < 1.29 is 9.53 Å². The highest BCUT2D eigenvalue weighted by molar-refractivity contribution is 5.94. The molecule has 2 aliphatic heterocycles. The Morgan fingerprint density at radius 1 is 1.00 bits per heavy atom. The number of piperidine rings is 1. The molecular weight excluding hydrogens is 416 g/mol. The number of carbonyl (C=O) groups is 1. The van der Waals surface area contributed by atoms with Gasteiger partial charge in [-0.15, -0.1) is 0 Å². The first-order chi connectivity index (χ1) is 16.3. The molecule has 2 fully saturated rings. The number of hydrogen-bond acceptors (Lipinski definition) is 6. The number of rotatable bonds is 7. The van der Waals surface area contributed by atoms with Gasteiger partial charge in [0.1, 0.15) is 18.7 Å². The lowest BCUT2D eigenvalue weighted by Crippen LogP contribution is -2.33. The van der Waals surface area contributed by atoms with E-state index >= 15 is 0 Å². The first kappa shape index (κ1) is 21.6. The molecule has 8 heteroatoms. The predicted octanol–water partition coefficient (Wildman–Crippen LogP) is 3.50. The van der Waals surface area contributed by atoms with Crippen LogP contribution < -0.4 is 4.74 Å². The first-order valence-electron chi connectivity index (χ1n) is 11.8. The van der Waals surface area contributed by atoms with Crippen LogP contribution in [0.4, 0.5) is 0 Å². The Kier molecular flexibility index (Phi) is 6.62. The van der Waals surface area contributed by atoms with E-state index in [-0.39, 0.29) is 11.9 Å². The normalized spacial score (nSPS) is 19.0. The van der Waals surface area contributed by atoms with Crippen LogP contribution in [0.2, 0.25) is 0 Å². The molecule has 0 radical (unpaired) electrons. The zero-order valence-electron chi connectivity index (χ0n) is 18.8. The molecule has 33 heavy (non-hydrogen) atoms. The molecule has 0 aliphatic carbocycles.